The third-order valence-electron chi connectivity index (χ3n) is 2.50. The molecule has 2 unspecified atom stereocenters. The summed E-state index contributed by atoms with van der Waals surface area (Å²) in [7, 11) is -0.962. The standard InChI is InChI=1S/C11H15NO2S/c12-9-3-5-11(6-4-9)15(13)8-10-2-1-7-14-10/h3-6,10H,1-2,7-8,12H2. The number of rotatable bonds is 3. The zero-order chi connectivity index (χ0) is 10.7. The van der Waals surface area contributed by atoms with E-state index in [1.807, 2.05) is 12.1 Å². The SMILES string of the molecule is Nc1ccc(S(=O)CC2CCCO2)cc1. The molecule has 0 amide bonds. The molecule has 1 aromatic rings. The first kappa shape index (κ1) is 10.6. The zero-order valence-electron chi connectivity index (χ0n) is 8.52. The van der Waals surface area contributed by atoms with Gasteiger partial charge < -0.3 is 10.5 Å². The topological polar surface area (TPSA) is 52.3 Å². The van der Waals surface area contributed by atoms with Crippen LogP contribution in [0.3, 0.4) is 0 Å². The molecular formula is C11H15NO2S. The van der Waals surface area contributed by atoms with Gasteiger partial charge in [-0.05, 0) is 37.1 Å². The number of benzene rings is 1. The Kier molecular flexibility index (Phi) is 3.38. The number of ether oxygens (including phenoxy) is 1. The maximum absolute atomic E-state index is 11.9. The molecular weight excluding hydrogens is 210 g/mol. The molecule has 2 N–H and O–H groups in total. The largest absolute Gasteiger partial charge is 0.399 e. The molecule has 0 radical (unpaired) electrons. The van der Waals surface area contributed by atoms with Crippen LogP contribution >= 0.6 is 0 Å². The van der Waals surface area contributed by atoms with Crippen LogP contribution in [0.1, 0.15) is 12.8 Å². The van der Waals surface area contributed by atoms with Crippen LogP contribution in [0, 0.1) is 0 Å². The van der Waals surface area contributed by atoms with Gasteiger partial charge in [0.1, 0.15) is 0 Å². The van der Waals surface area contributed by atoms with Crippen LogP contribution in [0.4, 0.5) is 5.69 Å². The third kappa shape index (κ3) is 2.79. The third-order valence-corrected chi connectivity index (χ3v) is 3.98. The van der Waals surface area contributed by atoms with Crippen molar-refractivity contribution in [2.24, 2.45) is 0 Å². The van der Waals surface area contributed by atoms with Crippen molar-refractivity contribution in [1.29, 1.82) is 0 Å². The van der Waals surface area contributed by atoms with Crippen molar-refractivity contribution in [3.8, 4) is 0 Å². The molecule has 82 valence electrons. The summed E-state index contributed by atoms with van der Waals surface area (Å²) in [5.74, 6) is 0.601. The number of hydrogen-bond acceptors (Lipinski definition) is 3. The van der Waals surface area contributed by atoms with Gasteiger partial charge in [0.15, 0.2) is 0 Å². The minimum Gasteiger partial charge on any atom is -0.399 e. The normalized spacial score (nSPS) is 22.8. The summed E-state index contributed by atoms with van der Waals surface area (Å²) in [6.45, 7) is 0.809. The quantitative estimate of drug-likeness (QED) is 0.794. The van der Waals surface area contributed by atoms with Crippen molar-refractivity contribution in [2.75, 3.05) is 18.1 Å². The van der Waals surface area contributed by atoms with Crippen LogP contribution in [0.5, 0.6) is 0 Å². The summed E-state index contributed by atoms with van der Waals surface area (Å²) in [5.41, 5.74) is 6.27. The first-order chi connectivity index (χ1) is 7.25. The van der Waals surface area contributed by atoms with E-state index in [0.29, 0.717) is 11.4 Å². The van der Waals surface area contributed by atoms with Crippen LogP contribution in [-0.2, 0) is 15.5 Å². The molecule has 0 aromatic heterocycles. The molecule has 15 heavy (non-hydrogen) atoms. The molecule has 1 aromatic carbocycles. The van der Waals surface area contributed by atoms with Gasteiger partial charge in [0.2, 0.25) is 0 Å². The molecule has 1 aliphatic heterocycles. The fraction of sp³-hybridized carbons (Fsp3) is 0.455. The Morgan fingerprint density at radius 2 is 2.13 bits per heavy atom. The smallest absolute Gasteiger partial charge is 0.0694 e. The number of anilines is 1. The Morgan fingerprint density at radius 3 is 2.73 bits per heavy atom. The minimum absolute atomic E-state index is 0.170. The fourth-order valence-electron chi connectivity index (χ4n) is 1.66. The van der Waals surface area contributed by atoms with Gasteiger partial charge in [-0.25, -0.2) is 0 Å². The predicted octanol–water partition coefficient (Wildman–Crippen LogP) is 1.56. The van der Waals surface area contributed by atoms with Crippen molar-refractivity contribution in [3.05, 3.63) is 24.3 Å². The lowest BCUT2D eigenvalue weighted by Crippen LogP contribution is -2.15. The second-order valence-electron chi connectivity index (χ2n) is 3.72. The van der Waals surface area contributed by atoms with E-state index >= 15 is 0 Å². The summed E-state index contributed by atoms with van der Waals surface area (Å²) < 4.78 is 17.4. The van der Waals surface area contributed by atoms with Gasteiger partial charge in [0, 0.05) is 17.2 Å². The summed E-state index contributed by atoms with van der Waals surface area (Å²) in [6.07, 6.45) is 2.29. The van der Waals surface area contributed by atoms with Gasteiger partial charge in [-0.2, -0.15) is 0 Å². The molecule has 4 heteroatoms. The lowest BCUT2D eigenvalue weighted by Gasteiger charge is -2.08. The van der Waals surface area contributed by atoms with E-state index in [1.165, 1.54) is 0 Å². The van der Waals surface area contributed by atoms with Crippen LogP contribution in [0.15, 0.2) is 29.2 Å². The van der Waals surface area contributed by atoms with E-state index in [4.69, 9.17) is 10.5 Å². The van der Waals surface area contributed by atoms with Crippen molar-refractivity contribution in [1.82, 2.24) is 0 Å². The highest BCUT2D eigenvalue weighted by Crippen LogP contribution is 2.17. The Labute approximate surface area is 92.1 Å². The number of nitrogen functional groups attached to an aromatic ring is 1. The Bertz CT molecular complexity index is 344. The van der Waals surface area contributed by atoms with Crippen molar-refractivity contribution in [3.63, 3.8) is 0 Å². The average molecular weight is 225 g/mol. The molecule has 0 aliphatic carbocycles. The van der Waals surface area contributed by atoms with Crippen molar-refractivity contribution >= 4 is 16.5 Å². The van der Waals surface area contributed by atoms with E-state index < -0.39 is 10.8 Å². The minimum atomic E-state index is -0.962. The highest BCUT2D eigenvalue weighted by Gasteiger charge is 2.18. The van der Waals surface area contributed by atoms with Gasteiger partial charge in [-0.15, -0.1) is 0 Å². The summed E-state index contributed by atoms with van der Waals surface area (Å²) in [4.78, 5) is 0.833. The van der Waals surface area contributed by atoms with Gasteiger partial charge in [0.25, 0.3) is 0 Å². The highest BCUT2D eigenvalue weighted by molar-refractivity contribution is 7.85. The molecule has 0 bridgehead atoms. The molecule has 1 heterocycles. The van der Waals surface area contributed by atoms with Crippen molar-refractivity contribution in [2.45, 2.75) is 23.8 Å². The molecule has 2 atom stereocenters. The summed E-state index contributed by atoms with van der Waals surface area (Å²) >= 11 is 0. The zero-order valence-corrected chi connectivity index (χ0v) is 9.33. The highest BCUT2D eigenvalue weighted by atomic mass is 32.2. The average Bonchev–Trinajstić information content (AvgIpc) is 2.71. The fourth-order valence-corrected chi connectivity index (χ4v) is 2.89. The first-order valence-electron chi connectivity index (χ1n) is 5.11. The van der Waals surface area contributed by atoms with Crippen LogP contribution < -0.4 is 5.73 Å². The van der Waals surface area contributed by atoms with E-state index in [0.717, 1.165) is 24.3 Å². The van der Waals surface area contributed by atoms with E-state index in [-0.39, 0.29) is 6.10 Å². The van der Waals surface area contributed by atoms with Crippen molar-refractivity contribution < 1.29 is 8.95 Å². The van der Waals surface area contributed by atoms with Gasteiger partial charge in [-0.3, -0.25) is 4.21 Å². The molecule has 0 spiro atoms. The molecule has 3 nitrogen and oxygen atoms in total. The van der Waals surface area contributed by atoms with E-state index in [2.05, 4.69) is 0 Å². The van der Waals surface area contributed by atoms with Gasteiger partial charge in [0.05, 0.1) is 22.7 Å². The number of nitrogens with two attached hydrogens (primary N) is 1. The summed E-state index contributed by atoms with van der Waals surface area (Å²) in [6, 6.07) is 7.20. The maximum atomic E-state index is 11.9. The Hall–Kier alpha value is -0.870. The predicted molar refractivity (Wildman–Crippen MR) is 61.1 cm³/mol. The van der Waals surface area contributed by atoms with Gasteiger partial charge in [-0.1, -0.05) is 0 Å². The number of hydrogen-bond donors (Lipinski definition) is 1. The lowest BCUT2D eigenvalue weighted by atomic mass is 10.3. The Morgan fingerprint density at radius 1 is 1.40 bits per heavy atom. The van der Waals surface area contributed by atoms with Crippen LogP contribution in [-0.4, -0.2) is 22.7 Å². The second kappa shape index (κ2) is 4.77. The second-order valence-corrected chi connectivity index (χ2v) is 5.21. The molecule has 0 saturated carbocycles. The monoisotopic (exact) mass is 225 g/mol. The van der Waals surface area contributed by atoms with E-state index in [1.54, 1.807) is 12.1 Å². The van der Waals surface area contributed by atoms with E-state index in [9.17, 15) is 4.21 Å². The molecule has 1 aliphatic rings. The molecule has 2 rings (SSSR count). The van der Waals surface area contributed by atoms with Gasteiger partial charge >= 0.3 is 0 Å². The molecule has 1 fully saturated rings. The Balaban J connectivity index is 1.98. The lowest BCUT2D eigenvalue weighted by molar-refractivity contribution is 0.128. The van der Waals surface area contributed by atoms with Crippen LogP contribution in [0.2, 0.25) is 0 Å². The first-order valence-corrected chi connectivity index (χ1v) is 6.43. The summed E-state index contributed by atoms with van der Waals surface area (Å²) in [5, 5.41) is 0. The molecule has 1 saturated heterocycles. The van der Waals surface area contributed by atoms with Crippen LogP contribution in [0.25, 0.3) is 0 Å². The maximum Gasteiger partial charge on any atom is 0.0694 e.